The number of carbonyl (C=O) groups excluding carboxylic acids is 6. The first-order valence-electron chi connectivity index (χ1n) is 36.5. The number of hydrogen-bond donors (Lipinski definition) is 1. The number of esters is 5. The first-order valence-corrected chi connectivity index (χ1v) is 36.5. The molecule has 0 bridgehead atoms. The van der Waals surface area contributed by atoms with Crippen molar-refractivity contribution in [1.82, 2.24) is 10.2 Å². The molecule has 0 saturated carbocycles. The average molecular weight is 1260 g/mol. The van der Waals surface area contributed by atoms with Gasteiger partial charge in [-0.2, -0.15) is 0 Å². The van der Waals surface area contributed by atoms with E-state index in [9.17, 15) is 28.8 Å². The lowest BCUT2D eigenvalue weighted by Gasteiger charge is -2.20. The molecule has 0 spiro atoms. The van der Waals surface area contributed by atoms with E-state index >= 15 is 0 Å². The second-order valence-corrected chi connectivity index (χ2v) is 28.1. The number of alkyl carbamates (subject to hydrolysis) is 1. The average Bonchev–Trinajstić information content (AvgIpc) is 4.16. The molecule has 1 rings (SSSR count). The summed E-state index contributed by atoms with van der Waals surface area (Å²) in [5, 5.41) is 2.87. The van der Waals surface area contributed by atoms with Crippen LogP contribution >= 0.6 is 0 Å². The zero-order chi connectivity index (χ0) is 65.7. The van der Waals surface area contributed by atoms with Gasteiger partial charge in [-0.05, 0) is 158 Å². The lowest BCUT2D eigenvalue weighted by atomic mass is 9.91. The van der Waals surface area contributed by atoms with E-state index in [0.717, 1.165) is 107 Å². The molecule has 518 valence electrons. The minimum Gasteiger partial charge on any atom is -0.465 e. The maximum absolute atomic E-state index is 13.2. The van der Waals surface area contributed by atoms with Crippen molar-refractivity contribution in [1.29, 1.82) is 0 Å². The van der Waals surface area contributed by atoms with Gasteiger partial charge in [-0.15, -0.1) is 0 Å². The predicted octanol–water partition coefficient (Wildman–Crippen LogP) is 18.9. The lowest BCUT2D eigenvalue weighted by molar-refractivity contribution is -0.154. The van der Waals surface area contributed by atoms with Gasteiger partial charge in [0.25, 0.3) is 0 Å². The van der Waals surface area contributed by atoms with Gasteiger partial charge in [-0.3, -0.25) is 24.0 Å². The van der Waals surface area contributed by atoms with Gasteiger partial charge < -0.3 is 38.6 Å². The van der Waals surface area contributed by atoms with Crippen molar-refractivity contribution in [3.63, 3.8) is 0 Å². The van der Waals surface area contributed by atoms with Gasteiger partial charge in [0.1, 0.15) is 39.1 Å². The Kier molecular flexibility index (Phi) is 52.0. The van der Waals surface area contributed by atoms with E-state index in [1.807, 2.05) is 12.2 Å². The molecule has 89 heavy (non-hydrogen) atoms. The number of carbonyl (C=O) groups is 6. The summed E-state index contributed by atoms with van der Waals surface area (Å²) in [4.78, 5) is 79.1. The fraction of sp³-hybridized carbons (Fsp3) is 0.867. The number of amides is 1. The van der Waals surface area contributed by atoms with Crippen molar-refractivity contribution in [3.05, 3.63) is 23.3 Å². The van der Waals surface area contributed by atoms with E-state index in [1.54, 1.807) is 0 Å². The molecule has 1 N–H and O–H groups in total. The molecule has 1 amide bonds. The van der Waals surface area contributed by atoms with Crippen LogP contribution < -0.4 is 5.32 Å². The van der Waals surface area contributed by atoms with Crippen molar-refractivity contribution < 1.29 is 57.2 Å². The molecular weight excluding hydrogens is 1120 g/mol. The standard InChI is InChI=1S/C75H136N2O12/c1-12-13-14-17-42-69(89-75(83)76-51-54-77-52-22-23-53-77)47-48-74(82)88-59-68(57-86-72(80)45-20-15-18-43-70(78)84-55-49-66(10)40-28-38-64(8)36-26-34-62(6)32-24-30-60(2)3)58-87-73(81)46-21-16-19-44-71(79)85-56-50-67(11)41-29-39-65(9)37-27-35-63(7)33-25-31-61(4)5/h49-50,60-65,68-69H,12-48,51-59H2,1-11H3,(H,76,83)/b66-49+,67-50+. The maximum atomic E-state index is 13.2. The molecule has 14 heteroatoms. The Morgan fingerprint density at radius 2 is 0.775 bits per heavy atom. The maximum Gasteiger partial charge on any atom is 0.407 e. The molecule has 0 aromatic rings. The Bertz CT molecular complexity index is 1780. The number of hydrogen-bond acceptors (Lipinski definition) is 13. The van der Waals surface area contributed by atoms with Crippen molar-refractivity contribution in [2.75, 3.05) is 59.2 Å². The van der Waals surface area contributed by atoms with Crippen LogP contribution in [-0.2, 0) is 52.4 Å². The largest absolute Gasteiger partial charge is 0.465 e. The molecule has 5 atom stereocenters. The second-order valence-electron chi connectivity index (χ2n) is 28.1. The molecule has 0 radical (unpaired) electrons. The summed E-state index contributed by atoms with van der Waals surface area (Å²) in [5.74, 6) is 2.21. The topological polar surface area (TPSA) is 173 Å². The lowest BCUT2D eigenvalue weighted by Crippen LogP contribution is -2.35. The minimum atomic E-state index is -0.609. The van der Waals surface area contributed by atoms with Gasteiger partial charge >= 0.3 is 35.9 Å². The third kappa shape index (κ3) is 53.3. The molecule has 1 saturated heterocycles. The van der Waals surface area contributed by atoms with Crippen LogP contribution in [0.3, 0.4) is 0 Å². The van der Waals surface area contributed by atoms with E-state index in [2.05, 4.69) is 86.4 Å². The fourth-order valence-electron chi connectivity index (χ4n) is 11.6. The fourth-order valence-corrected chi connectivity index (χ4v) is 11.6. The predicted molar refractivity (Wildman–Crippen MR) is 363 cm³/mol. The van der Waals surface area contributed by atoms with Crippen LogP contribution in [0.2, 0.25) is 0 Å². The Balaban J connectivity index is 2.57. The Labute approximate surface area is 544 Å². The summed E-state index contributed by atoms with van der Waals surface area (Å²) in [6, 6.07) is 0. The number of unbranched alkanes of at least 4 members (excludes halogenated alkanes) is 7. The smallest absolute Gasteiger partial charge is 0.407 e. The number of nitrogens with one attached hydrogen (secondary N) is 1. The summed E-state index contributed by atoms with van der Waals surface area (Å²) in [6.45, 7) is 28.6. The molecule has 1 aliphatic rings. The number of nitrogens with zero attached hydrogens (tertiary/aromatic N) is 1. The first kappa shape index (κ1) is 83.1. The Hall–Kier alpha value is -3.94. The van der Waals surface area contributed by atoms with E-state index < -0.39 is 36.0 Å². The summed E-state index contributed by atoms with van der Waals surface area (Å²) in [6.07, 6.45) is 37.4. The molecular formula is C75H136N2O12. The van der Waals surface area contributed by atoms with Gasteiger partial charge in [0.2, 0.25) is 0 Å². The highest BCUT2D eigenvalue weighted by Gasteiger charge is 2.22. The molecule has 5 unspecified atom stereocenters. The van der Waals surface area contributed by atoms with E-state index in [0.29, 0.717) is 57.9 Å². The zero-order valence-corrected chi connectivity index (χ0v) is 59.1. The normalized spacial score (nSPS) is 15.1. The van der Waals surface area contributed by atoms with E-state index in [1.165, 1.54) is 114 Å². The third-order valence-corrected chi connectivity index (χ3v) is 17.8. The number of likely N-dealkylation sites (tertiary alicyclic amines) is 1. The summed E-state index contributed by atoms with van der Waals surface area (Å²) >= 11 is 0. The van der Waals surface area contributed by atoms with Crippen LogP contribution in [0.1, 0.15) is 314 Å². The molecule has 1 fully saturated rings. The number of rotatable bonds is 58. The van der Waals surface area contributed by atoms with Gasteiger partial charge in [-0.1, -0.05) is 195 Å². The number of ether oxygens (including phenoxy) is 6. The highest BCUT2D eigenvalue weighted by Crippen LogP contribution is 2.25. The van der Waals surface area contributed by atoms with Crippen LogP contribution in [0.4, 0.5) is 4.79 Å². The van der Waals surface area contributed by atoms with Crippen molar-refractivity contribution in [2.24, 2.45) is 41.4 Å². The van der Waals surface area contributed by atoms with E-state index in [-0.39, 0.29) is 77.1 Å². The van der Waals surface area contributed by atoms with Crippen molar-refractivity contribution >= 4 is 35.9 Å². The van der Waals surface area contributed by atoms with Crippen molar-refractivity contribution in [3.8, 4) is 0 Å². The molecule has 1 aliphatic heterocycles. The minimum absolute atomic E-state index is 0.0236. The van der Waals surface area contributed by atoms with E-state index in [4.69, 9.17) is 28.4 Å². The molecule has 1 heterocycles. The molecule has 14 nitrogen and oxygen atoms in total. The first-order chi connectivity index (χ1) is 42.7. The van der Waals surface area contributed by atoms with Crippen LogP contribution in [0, 0.1) is 41.4 Å². The monoisotopic (exact) mass is 1260 g/mol. The number of allylic oxidation sites excluding steroid dienone is 2. The van der Waals surface area contributed by atoms with Gasteiger partial charge in [0.05, 0.1) is 5.92 Å². The van der Waals surface area contributed by atoms with Crippen LogP contribution in [0.5, 0.6) is 0 Å². The molecule has 0 aromatic carbocycles. The molecule has 0 aromatic heterocycles. The summed E-state index contributed by atoms with van der Waals surface area (Å²) in [5.41, 5.74) is 2.49. The Morgan fingerprint density at radius 1 is 0.404 bits per heavy atom. The summed E-state index contributed by atoms with van der Waals surface area (Å²) in [7, 11) is 0. The zero-order valence-electron chi connectivity index (χ0n) is 59.1. The Morgan fingerprint density at radius 3 is 1.18 bits per heavy atom. The highest BCUT2D eigenvalue weighted by molar-refractivity contribution is 5.71. The quantitative estimate of drug-likeness (QED) is 0.0264. The van der Waals surface area contributed by atoms with Crippen LogP contribution in [0.15, 0.2) is 23.3 Å². The van der Waals surface area contributed by atoms with Gasteiger partial charge in [0, 0.05) is 45.2 Å². The second kappa shape index (κ2) is 55.7. The summed E-state index contributed by atoms with van der Waals surface area (Å²) < 4.78 is 33.7. The van der Waals surface area contributed by atoms with Crippen molar-refractivity contribution in [2.45, 2.75) is 320 Å². The van der Waals surface area contributed by atoms with Crippen LogP contribution in [0.25, 0.3) is 0 Å². The van der Waals surface area contributed by atoms with Crippen LogP contribution in [-0.4, -0.2) is 106 Å². The third-order valence-electron chi connectivity index (χ3n) is 17.8. The van der Waals surface area contributed by atoms with Gasteiger partial charge in [0.15, 0.2) is 0 Å². The highest BCUT2D eigenvalue weighted by atomic mass is 16.6. The molecule has 0 aliphatic carbocycles. The van der Waals surface area contributed by atoms with Gasteiger partial charge in [-0.25, -0.2) is 4.79 Å². The SMILES string of the molecule is CCCCCCC(CCC(=O)OCC(COC(=O)CCCCCC(=O)OC/C=C(\C)CCCC(C)CCCC(C)CCCC(C)C)COC(=O)CCCCCC(=O)OC/C=C(\C)CCCC(C)CCCC(C)CCCC(C)C)OC(=O)NCCN1CCCC1.